The lowest BCUT2D eigenvalue weighted by molar-refractivity contribution is -0.128. The normalized spacial score (nSPS) is 21.3. The van der Waals surface area contributed by atoms with Gasteiger partial charge in [-0.25, -0.2) is 0 Å². The molecular formula is C10H12BrNOS2. The third-order valence-corrected chi connectivity index (χ3v) is 4.93. The zero-order chi connectivity index (χ0) is 10.8. The second kappa shape index (κ2) is 4.89. The van der Waals surface area contributed by atoms with Crippen LogP contribution in [0.4, 0.5) is 0 Å². The van der Waals surface area contributed by atoms with Crippen LogP contribution in [0.15, 0.2) is 15.2 Å². The monoisotopic (exact) mass is 305 g/mol. The van der Waals surface area contributed by atoms with Gasteiger partial charge in [-0.2, -0.15) is 12.6 Å². The van der Waals surface area contributed by atoms with Gasteiger partial charge >= 0.3 is 0 Å². The number of hydrogen-bond donors (Lipinski definition) is 1. The van der Waals surface area contributed by atoms with Gasteiger partial charge in [-0.05, 0) is 44.6 Å². The van der Waals surface area contributed by atoms with Crippen LogP contribution >= 0.6 is 39.9 Å². The maximum Gasteiger partial charge on any atom is 0.223 e. The van der Waals surface area contributed by atoms with E-state index in [2.05, 4.69) is 34.6 Å². The Morgan fingerprint density at radius 2 is 2.47 bits per heavy atom. The lowest BCUT2D eigenvalue weighted by atomic mass is 10.1. The van der Waals surface area contributed by atoms with Crippen molar-refractivity contribution in [3.05, 3.63) is 20.8 Å². The maximum absolute atomic E-state index is 11.7. The summed E-state index contributed by atoms with van der Waals surface area (Å²) in [7, 11) is 0. The number of carbonyl (C=O) groups is 1. The Bertz CT molecular complexity index is 366. The Morgan fingerprint density at radius 3 is 3.00 bits per heavy atom. The highest BCUT2D eigenvalue weighted by atomic mass is 79.9. The van der Waals surface area contributed by atoms with Gasteiger partial charge in [0, 0.05) is 19.5 Å². The first-order valence-electron chi connectivity index (χ1n) is 4.81. The van der Waals surface area contributed by atoms with E-state index in [0.717, 1.165) is 22.6 Å². The highest BCUT2D eigenvalue weighted by Crippen LogP contribution is 2.27. The van der Waals surface area contributed by atoms with E-state index in [0.29, 0.717) is 12.3 Å². The van der Waals surface area contributed by atoms with E-state index in [4.69, 9.17) is 0 Å². The lowest BCUT2D eigenvalue weighted by Crippen LogP contribution is -2.24. The number of halogens is 1. The van der Waals surface area contributed by atoms with Crippen molar-refractivity contribution in [1.29, 1.82) is 0 Å². The molecule has 1 amide bonds. The van der Waals surface area contributed by atoms with Gasteiger partial charge in [0.05, 0.1) is 3.79 Å². The average Bonchev–Trinajstić information content (AvgIpc) is 2.76. The van der Waals surface area contributed by atoms with Gasteiger partial charge in [0.25, 0.3) is 0 Å². The quantitative estimate of drug-likeness (QED) is 0.852. The molecular weight excluding hydrogens is 294 g/mol. The molecule has 0 spiro atoms. The van der Waals surface area contributed by atoms with Crippen LogP contribution in [-0.2, 0) is 11.3 Å². The molecule has 2 nitrogen and oxygen atoms in total. The summed E-state index contributed by atoms with van der Waals surface area (Å²) >= 11 is 9.40. The highest BCUT2D eigenvalue weighted by Gasteiger charge is 2.28. The molecule has 82 valence electrons. The SMILES string of the molecule is O=C1CC(CS)CN1Cc1ccsc1Br. The largest absolute Gasteiger partial charge is 0.338 e. The first-order chi connectivity index (χ1) is 7.20. The topological polar surface area (TPSA) is 20.3 Å². The Hall–Kier alpha value is -0.000000000000000111. The molecule has 0 N–H and O–H groups in total. The van der Waals surface area contributed by atoms with E-state index in [1.807, 2.05) is 10.3 Å². The number of nitrogens with zero attached hydrogens (tertiary/aromatic N) is 1. The fourth-order valence-corrected chi connectivity index (χ4v) is 3.23. The van der Waals surface area contributed by atoms with Crippen molar-refractivity contribution in [3.8, 4) is 0 Å². The Kier molecular flexibility index (Phi) is 3.74. The van der Waals surface area contributed by atoms with Crippen LogP contribution in [0.5, 0.6) is 0 Å². The number of carbonyl (C=O) groups excluding carboxylic acids is 1. The van der Waals surface area contributed by atoms with E-state index < -0.39 is 0 Å². The van der Waals surface area contributed by atoms with Crippen molar-refractivity contribution >= 4 is 45.8 Å². The number of thiol groups is 1. The zero-order valence-corrected chi connectivity index (χ0v) is 11.4. The molecule has 0 aromatic carbocycles. The van der Waals surface area contributed by atoms with E-state index in [-0.39, 0.29) is 5.91 Å². The van der Waals surface area contributed by atoms with Crippen molar-refractivity contribution < 1.29 is 4.79 Å². The fourth-order valence-electron chi connectivity index (χ4n) is 1.77. The van der Waals surface area contributed by atoms with Crippen molar-refractivity contribution in [3.63, 3.8) is 0 Å². The maximum atomic E-state index is 11.7. The molecule has 1 aliphatic rings. The summed E-state index contributed by atoms with van der Waals surface area (Å²) in [6.45, 7) is 1.58. The van der Waals surface area contributed by atoms with E-state index in [1.165, 1.54) is 5.56 Å². The molecule has 5 heteroatoms. The summed E-state index contributed by atoms with van der Waals surface area (Å²) in [5, 5.41) is 2.04. The summed E-state index contributed by atoms with van der Waals surface area (Å²) in [4.78, 5) is 13.6. The van der Waals surface area contributed by atoms with Gasteiger partial charge < -0.3 is 4.90 Å². The van der Waals surface area contributed by atoms with Crippen LogP contribution in [0.3, 0.4) is 0 Å². The van der Waals surface area contributed by atoms with Gasteiger partial charge in [-0.3, -0.25) is 4.79 Å². The van der Waals surface area contributed by atoms with Crippen LogP contribution in [0, 0.1) is 5.92 Å². The van der Waals surface area contributed by atoms with Crippen molar-refractivity contribution in [2.45, 2.75) is 13.0 Å². The van der Waals surface area contributed by atoms with Gasteiger partial charge in [0.2, 0.25) is 5.91 Å². The standard InChI is InChI=1S/C10H12BrNOS2/c11-10-8(1-2-15-10)5-12-4-7(6-14)3-9(12)13/h1-2,7,14H,3-6H2. The van der Waals surface area contributed by atoms with Gasteiger partial charge in [0.15, 0.2) is 0 Å². The minimum absolute atomic E-state index is 0.257. The Labute approximate surface area is 107 Å². The lowest BCUT2D eigenvalue weighted by Gasteiger charge is -2.15. The molecule has 1 aromatic rings. The minimum Gasteiger partial charge on any atom is -0.338 e. The smallest absolute Gasteiger partial charge is 0.223 e. The minimum atomic E-state index is 0.257. The van der Waals surface area contributed by atoms with Crippen molar-refractivity contribution in [2.75, 3.05) is 12.3 Å². The molecule has 2 rings (SSSR count). The molecule has 0 aliphatic carbocycles. The molecule has 0 radical (unpaired) electrons. The van der Waals surface area contributed by atoms with Crippen LogP contribution < -0.4 is 0 Å². The van der Waals surface area contributed by atoms with Crippen LogP contribution in [0.25, 0.3) is 0 Å². The van der Waals surface area contributed by atoms with E-state index >= 15 is 0 Å². The van der Waals surface area contributed by atoms with Crippen molar-refractivity contribution in [1.82, 2.24) is 4.90 Å². The number of amides is 1. The molecule has 1 atom stereocenters. The predicted molar refractivity (Wildman–Crippen MR) is 69.4 cm³/mol. The Balaban J connectivity index is 2.01. The van der Waals surface area contributed by atoms with E-state index in [1.54, 1.807) is 11.3 Å². The van der Waals surface area contributed by atoms with Gasteiger partial charge in [-0.15, -0.1) is 11.3 Å². The van der Waals surface area contributed by atoms with Gasteiger partial charge in [0.1, 0.15) is 0 Å². The predicted octanol–water partition coefficient (Wildman–Crippen LogP) is 2.79. The molecule has 1 fully saturated rings. The average molecular weight is 306 g/mol. The summed E-state index contributed by atoms with van der Waals surface area (Å²) < 4.78 is 1.13. The number of rotatable bonds is 3. The molecule has 1 saturated heterocycles. The molecule has 15 heavy (non-hydrogen) atoms. The summed E-state index contributed by atoms with van der Waals surface area (Å²) in [5.74, 6) is 1.48. The molecule has 1 aliphatic heterocycles. The third-order valence-electron chi connectivity index (χ3n) is 2.61. The number of thiophene rings is 1. The first-order valence-corrected chi connectivity index (χ1v) is 7.11. The summed E-state index contributed by atoms with van der Waals surface area (Å²) in [6.07, 6.45) is 0.658. The second-order valence-corrected chi connectivity index (χ2v) is 6.35. The molecule has 2 heterocycles. The Morgan fingerprint density at radius 1 is 1.67 bits per heavy atom. The molecule has 1 unspecified atom stereocenters. The first kappa shape index (κ1) is 11.5. The molecule has 0 saturated carbocycles. The third kappa shape index (κ3) is 2.57. The van der Waals surface area contributed by atoms with Crippen molar-refractivity contribution in [2.24, 2.45) is 5.92 Å². The zero-order valence-electron chi connectivity index (χ0n) is 8.15. The summed E-state index contributed by atoms with van der Waals surface area (Å²) in [5.41, 5.74) is 1.20. The van der Waals surface area contributed by atoms with Crippen LogP contribution in [0.1, 0.15) is 12.0 Å². The van der Waals surface area contributed by atoms with Crippen LogP contribution in [-0.4, -0.2) is 23.1 Å². The highest BCUT2D eigenvalue weighted by molar-refractivity contribution is 9.11. The fraction of sp³-hybridized carbons (Fsp3) is 0.500. The second-order valence-electron chi connectivity index (χ2n) is 3.75. The molecule has 1 aromatic heterocycles. The van der Waals surface area contributed by atoms with E-state index in [9.17, 15) is 4.79 Å². The number of likely N-dealkylation sites (tertiary alicyclic amines) is 1. The molecule has 0 bridgehead atoms. The summed E-state index contributed by atoms with van der Waals surface area (Å²) in [6, 6.07) is 2.07. The number of hydrogen-bond acceptors (Lipinski definition) is 3. The van der Waals surface area contributed by atoms with Crippen LogP contribution in [0.2, 0.25) is 0 Å². The van der Waals surface area contributed by atoms with Gasteiger partial charge in [-0.1, -0.05) is 0 Å².